The first kappa shape index (κ1) is 17.4. The van der Waals surface area contributed by atoms with Crippen LogP contribution < -0.4 is 10.6 Å². The average Bonchev–Trinajstić information content (AvgIpc) is 2.69. The molecule has 0 radical (unpaired) electrons. The fourth-order valence-electron chi connectivity index (χ4n) is 2.20. The smallest absolute Gasteiger partial charge is 0.253 e. The Morgan fingerprint density at radius 2 is 2.32 bits per heavy atom. The first-order chi connectivity index (χ1) is 8.58. The molecule has 1 amide bonds. The lowest BCUT2D eigenvalue weighted by Crippen LogP contribution is -2.44. The Balaban J connectivity index is 0.00000180. The fourth-order valence-corrected chi connectivity index (χ4v) is 5.00. The first-order valence-corrected chi connectivity index (χ1v) is 8.44. The number of rotatable bonds is 3. The van der Waals surface area contributed by atoms with Crippen molar-refractivity contribution in [2.75, 3.05) is 13.1 Å². The fraction of sp³-hybridized carbons (Fsp3) is 0.583. The van der Waals surface area contributed by atoms with Gasteiger partial charge in [-0.1, -0.05) is 0 Å². The highest BCUT2D eigenvalue weighted by molar-refractivity contribution is 9.12. The Hall–Kier alpha value is 0.380. The summed E-state index contributed by atoms with van der Waals surface area (Å²) in [6.07, 6.45) is 2.38. The van der Waals surface area contributed by atoms with Crippen LogP contribution in [0.2, 0.25) is 0 Å². The van der Waals surface area contributed by atoms with Gasteiger partial charge in [-0.3, -0.25) is 4.79 Å². The molecule has 2 unspecified atom stereocenters. The van der Waals surface area contributed by atoms with Crippen molar-refractivity contribution < 1.29 is 4.79 Å². The van der Waals surface area contributed by atoms with Crippen molar-refractivity contribution in [1.82, 2.24) is 10.6 Å². The van der Waals surface area contributed by atoms with Crippen LogP contribution in [0.1, 0.15) is 30.1 Å². The number of carbonyl (C=O) groups excluding carboxylic acids is 1. The molecule has 2 heterocycles. The predicted molar refractivity (Wildman–Crippen MR) is 89.5 cm³/mol. The predicted octanol–water partition coefficient (Wildman–Crippen LogP) is 3.81. The van der Waals surface area contributed by atoms with Crippen molar-refractivity contribution in [2.24, 2.45) is 5.92 Å². The van der Waals surface area contributed by atoms with Gasteiger partial charge in [0.2, 0.25) is 0 Å². The molecule has 108 valence electrons. The maximum absolute atomic E-state index is 12.2. The van der Waals surface area contributed by atoms with Gasteiger partial charge in [-0.25, -0.2) is 0 Å². The van der Waals surface area contributed by atoms with Crippen LogP contribution in [0, 0.1) is 5.92 Å². The summed E-state index contributed by atoms with van der Waals surface area (Å²) < 4.78 is 1.84. The van der Waals surface area contributed by atoms with Gasteiger partial charge in [0.15, 0.2) is 0 Å². The summed E-state index contributed by atoms with van der Waals surface area (Å²) in [7, 11) is 0. The van der Waals surface area contributed by atoms with Gasteiger partial charge in [0.1, 0.15) is 0 Å². The highest BCUT2D eigenvalue weighted by Gasteiger charge is 2.23. The second kappa shape index (κ2) is 7.98. The molecule has 1 fully saturated rings. The zero-order valence-electron chi connectivity index (χ0n) is 10.5. The van der Waals surface area contributed by atoms with Crippen LogP contribution in [0.5, 0.6) is 0 Å². The van der Waals surface area contributed by atoms with E-state index in [-0.39, 0.29) is 24.4 Å². The Bertz CT molecular complexity index is 435. The quantitative estimate of drug-likeness (QED) is 0.763. The minimum atomic E-state index is 0. The molecule has 0 aromatic carbocycles. The summed E-state index contributed by atoms with van der Waals surface area (Å²) in [5.74, 6) is 0.533. The van der Waals surface area contributed by atoms with E-state index in [1.165, 1.54) is 24.2 Å². The number of halogens is 3. The normalized spacial score (nSPS) is 20.5. The number of hydrogen-bond acceptors (Lipinski definition) is 3. The van der Waals surface area contributed by atoms with Gasteiger partial charge in [-0.2, -0.15) is 0 Å². The molecule has 1 aliphatic rings. The van der Waals surface area contributed by atoms with Crippen LogP contribution in [-0.2, 0) is 0 Å². The molecule has 1 saturated heterocycles. The van der Waals surface area contributed by atoms with E-state index >= 15 is 0 Å². The molecule has 7 heteroatoms. The topological polar surface area (TPSA) is 41.1 Å². The van der Waals surface area contributed by atoms with Gasteiger partial charge in [0, 0.05) is 6.04 Å². The minimum absolute atomic E-state index is 0. The van der Waals surface area contributed by atoms with Crippen molar-refractivity contribution in [3.8, 4) is 0 Å². The highest BCUT2D eigenvalue weighted by Crippen LogP contribution is 2.31. The van der Waals surface area contributed by atoms with Crippen molar-refractivity contribution in [1.29, 1.82) is 0 Å². The van der Waals surface area contributed by atoms with Crippen molar-refractivity contribution in [3.05, 3.63) is 19.2 Å². The van der Waals surface area contributed by atoms with Gasteiger partial charge in [-0.15, -0.1) is 23.7 Å². The number of amides is 1. The Kier molecular flexibility index (Phi) is 7.32. The summed E-state index contributed by atoms with van der Waals surface area (Å²) in [4.78, 5) is 12.2. The van der Waals surface area contributed by atoms with Crippen LogP contribution in [-0.4, -0.2) is 25.0 Å². The van der Waals surface area contributed by atoms with Gasteiger partial charge >= 0.3 is 0 Å². The zero-order valence-corrected chi connectivity index (χ0v) is 15.3. The van der Waals surface area contributed by atoms with E-state index in [0.29, 0.717) is 11.5 Å². The highest BCUT2D eigenvalue weighted by atomic mass is 79.9. The lowest BCUT2D eigenvalue weighted by Gasteiger charge is -2.28. The second-order valence-electron chi connectivity index (χ2n) is 4.61. The number of carbonyl (C=O) groups is 1. The second-order valence-corrected chi connectivity index (χ2v) is 8.36. The number of nitrogens with one attached hydrogen (secondary N) is 2. The Labute approximate surface area is 140 Å². The van der Waals surface area contributed by atoms with Crippen LogP contribution in [0.15, 0.2) is 13.6 Å². The molecule has 0 saturated carbocycles. The van der Waals surface area contributed by atoms with Crippen LogP contribution in [0.4, 0.5) is 0 Å². The maximum atomic E-state index is 12.2. The molecular formula is C12H17Br2ClN2OS. The number of thiophene rings is 1. The third kappa shape index (κ3) is 4.70. The van der Waals surface area contributed by atoms with E-state index in [1.54, 1.807) is 0 Å². The summed E-state index contributed by atoms with van der Waals surface area (Å²) in [5, 5.41) is 6.48. The van der Waals surface area contributed by atoms with E-state index in [2.05, 4.69) is 49.4 Å². The molecule has 2 rings (SSSR count). The molecule has 1 aromatic heterocycles. The number of hydrogen-bond donors (Lipinski definition) is 2. The third-order valence-electron chi connectivity index (χ3n) is 3.30. The average molecular weight is 433 g/mol. The third-order valence-corrected chi connectivity index (χ3v) is 5.64. The molecule has 3 nitrogen and oxygen atoms in total. The Morgan fingerprint density at radius 1 is 1.58 bits per heavy atom. The molecule has 2 atom stereocenters. The molecule has 19 heavy (non-hydrogen) atoms. The van der Waals surface area contributed by atoms with Gasteiger partial charge in [-0.05, 0) is 76.7 Å². The van der Waals surface area contributed by atoms with Crippen LogP contribution in [0.3, 0.4) is 0 Å². The van der Waals surface area contributed by atoms with E-state index in [9.17, 15) is 4.79 Å². The van der Waals surface area contributed by atoms with Crippen molar-refractivity contribution in [3.63, 3.8) is 0 Å². The monoisotopic (exact) mass is 430 g/mol. The van der Waals surface area contributed by atoms with Crippen molar-refractivity contribution in [2.45, 2.75) is 25.8 Å². The summed E-state index contributed by atoms with van der Waals surface area (Å²) >= 11 is 8.33. The zero-order chi connectivity index (χ0) is 13.1. The van der Waals surface area contributed by atoms with Gasteiger partial charge < -0.3 is 10.6 Å². The first-order valence-electron chi connectivity index (χ1n) is 6.04. The van der Waals surface area contributed by atoms with Gasteiger partial charge in [0.05, 0.1) is 13.1 Å². The lowest BCUT2D eigenvalue weighted by atomic mass is 9.93. The summed E-state index contributed by atoms with van der Waals surface area (Å²) in [5.41, 5.74) is 0.711. The van der Waals surface area contributed by atoms with Gasteiger partial charge in [0.25, 0.3) is 5.91 Å². The molecule has 0 aliphatic carbocycles. The number of piperidine rings is 1. The largest absolute Gasteiger partial charge is 0.349 e. The standard InChI is InChI=1S/C12H16Br2N2OS.ClH/c1-7(8-3-2-4-15-6-8)16-12(17)9-5-10(13)18-11(9)14;/h5,7-8,15H,2-4,6H2,1H3,(H,16,17);1H. The van der Waals surface area contributed by atoms with E-state index in [4.69, 9.17) is 0 Å². The molecule has 1 aliphatic heterocycles. The molecule has 0 spiro atoms. The summed E-state index contributed by atoms with van der Waals surface area (Å²) in [6, 6.07) is 2.06. The maximum Gasteiger partial charge on any atom is 0.253 e. The minimum Gasteiger partial charge on any atom is -0.349 e. The van der Waals surface area contributed by atoms with E-state index in [0.717, 1.165) is 20.7 Å². The molecule has 2 N–H and O–H groups in total. The molecule has 1 aromatic rings. The summed E-state index contributed by atoms with van der Waals surface area (Å²) in [6.45, 7) is 4.18. The Morgan fingerprint density at radius 3 is 2.84 bits per heavy atom. The van der Waals surface area contributed by atoms with Crippen LogP contribution in [0.25, 0.3) is 0 Å². The lowest BCUT2D eigenvalue weighted by molar-refractivity contribution is 0.0921. The van der Waals surface area contributed by atoms with Crippen molar-refractivity contribution >= 4 is 61.5 Å². The van der Waals surface area contributed by atoms with Crippen LogP contribution >= 0.6 is 55.6 Å². The molecular weight excluding hydrogens is 415 g/mol. The van der Waals surface area contributed by atoms with E-state index in [1.807, 2.05) is 6.07 Å². The SMILES string of the molecule is CC(NC(=O)c1cc(Br)sc1Br)C1CCCNC1.Cl. The van der Waals surface area contributed by atoms with E-state index < -0.39 is 0 Å². The molecule has 0 bridgehead atoms.